The molecule has 2 heteroatoms. The summed E-state index contributed by atoms with van der Waals surface area (Å²) in [7, 11) is 0. The molecule has 114 valence electrons. The summed E-state index contributed by atoms with van der Waals surface area (Å²) in [4.78, 5) is 0. The third-order valence-electron chi connectivity index (χ3n) is 6.02. The quantitative estimate of drug-likeness (QED) is 0.875. The van der Waals surface area contributed by atoms with Gasteiger partial charge >= 0.3 is 0 Å². The molecule has 0 aromatic heterocycles. The lowest BCUT2D eigenvalue weighted by molar-refractivity contribution is 0.134. The molecule has 21 heavy (non-hydrogen) atoms. The van der Waals surface area contributed by atoms with Crippen LogP contribution in [0.1, 0.15) is 61.8 Å². The van der Waals surface area contributed by atoms with Crippen LogP contribution < -0.4 is 5.32 Å². The van der Waals surface area contributed by atoms with E-state index in [1.165, 1.54) is 48.8 Å². The molecule has 4 rings (SSSR count). The Kier molecular flexibility index (Phi) is 3.76. The second kappa shape index (κ2) is 5.73. The van der Waals surface area contributed by atoms with Gasteiger partial charge in [-0.1, -0.05) is 31.5 Å². The van der Waals surface area contributed by atoms with Gasteiger partial charge < -0.3 is 10.1 Å². The smallest absolute Gasteiger partial charge is 0.0725 e. The topological polar surface area (TPSA) is 21.3 Å². The zero-order chi connectivity index (χ0) is 14.2. The molecule has 1 heterocycles. The summed E-state index contributed by atoms with van der Waals surface area (Å²) in [5.74, 6) is 3.03. The van der Waals surface area contributed by atoms with Gasteiger partial charge in [-0.2, -0.15) is 0 Å². The van der Waals surface area contributed by atoms with Gasteiger partial charge in [0.15, 0.2) is 0 Å². The van der Waals surface area contributed by atoms with Crippen molar-refractivity contribution in [1.82, 2.24) is 5.32 Å². The molecule has 1 aromatic carbocycles. The van der Waals surface area contributed by atoms with Crippen molar-refractivity contribution in [3.63, 3.8) is 0 Å². The van der Waals surface area contributed by atoms with Crippen molar-refractivity contribution in [1.29, 1.82) is 0 Å². The molecule has 0 amide bonds. The molecule has 1 aromatic rings. The summed E-state index contributed by atoms with van der Waals surface area (Å²) < 4.78 is 5.56. The Bertz CT molecular complexity index is 512. The number of hydrogen-bond donors (Lipinski definition) is 1. The van der Waals surface area contributed by atoms with Crippen LogP contribution in [0.4, 0.5) is 0 Å². The van der Waals surface area contributed by atoms with Crippen LogP contribution in [-0.4, -0.2) is 6.54 Å². The van der Waals surface area contributed by atoms with Crippen LogP contribution in [0.2, 0.25) is 0 Å². The zero-order valence-corrected chi connectivity index (χ0v) is 13.1. The Labute approximate surface area is 128 Å². The fraction of sp³-hybridized carbons (Fsp3) is 0.684. The number of fused-ring (bicyclic) bond motifs is 3. The fourth-order valence-corrected chi connectivity index (χ4v) is 4.96. The standard InChI is InChI=1S/C19H27NO/c1-2-20-19(10-17-8-13-3-4-14(17)7-13)15-5-6-16-11-21-12-18(16)9-15/h5-6,9,13-14,17,19-20H,2-4,7-8,10-12H2,1H3. The van der Waals surface area contributed by atoms with Gasteiger partial charge in [-0.25, -0.2) is 0 Å². The van der Waals surface area contributed by atoms with E-state index in [9.17, 15) is 0 Å². The van der Waals surface area contributed by atoms with Gasteiger partial charge in [0.25, 0.3) is 0 Å². The summed E-state index contributed by atoms with van der Waals surface area (Å²) in [5, 5.41) is 3.74. The minimum atomic E-state index is 0.533. The van der Waals surface area contributed by atoms with Gasteiger partial charge in [-0.3, -0.25) is 0 Å². The van der Waals surface area contributed by atoms with Gasteiger partial charge in [0.1, 0.15) is 0 Å². The third-order valence-corrected chi connectivity index (χ3v) is 6.02. The molecule has 0 spiro atoms. The fourth-order valence-electron chi connectivity index (χ4n) is 4.96. The molecule has 2 nitrogen and oxygen atoms in total. The SMILES string of the molecule is CCNC(CC1CC2CCC1C2)c1ccc2c(c1)COC2. The van der Waals surface area contributed by atoms with E-state index >= 15 is 0 Å². The number of hydrogen-bond acceptors (Lipinski definition) is 2. The van der Waals surface area contributed by atoms with Crippen molar-refractivity contribution in [3.8, 4) is 0 Å². The normalized spacial score (nSPS) is 31.6. The second-order valence-electron chi connectivity index (χ2n) is 7.30. The first kappa shape index (κ1) is 13.8. The first-order valence-electron chi connectivity index (χ1n) is 8.76. The van der Waals surface area contributed by atoms with E-state index in [4.69, 9.17) is 4.74 Å². The van der Waals surface area contributed by atoms with Crippen molar-refractivity contribution in [2.75, 3.05) is 6.54 Å². The second-order valence-corrected chi connectivity index (χ2v) is 7.30. The maximum atomic E-state index is 5.56. The van der Waals surface area contributed by atoms with E-state index in [-0.39, 0.29) is 0 Å². The van der Waals surface area contributed by atoms with Gasteiger partial charge in [0.2, 0.25) is 0 Å². The Morgan fingerprint density at radius 2 is 2.10 bits per heavy atom. The van der Waals surface area contributed by atoms with Crippen LogP contribution in [0.5, 0.6) is 0 Å². The highest BCUT2D eigenvalue weighted by Gasteiger charge is 2.40. The predicted molar refractivity (Wildman–Crippen MR) is 84.9 cm³/mol. The number of benzene rings is 1. The molecule has 2 saturated carbocycles. The average Bonchev–Trinajstić information content (AvgIpc) is 3.22. The molecule has 4 unspecified atom stereocenters. The number of nitrogens with one attached hydrogen (secondary N) is 1. The van der Waals surface area contributed by atoms with Crippen molar-refractivity contribution in [2.24, 2.45) is 17.8 Å². The monoisotopic (exact) mass is 285 g/mol. The number of rotatable bonds is 5. The molecular formula is C19H27NO. The molecule has 1 aliphatic heterocycles. The van der Waals surface area contributed by atoms with Crippen molar-refractivity contribution in [2.45, 2.75) is 58.3 Å². The predicted octanol–water partition coefficient (Wildman–Crippen LogP) is 4.19. The van der Waals surface area contributed by atoms with E-state index in [1.54, 1.807) is 0 Å². The maximum Gasteiger partial charge on any atom is 0.0725 e. The molecule has 4 atom stereocenters. The van der Waals surface area contributed by atoms with Gasteiger partial charge in [-0.15, -0.1) is 0 Å². The van der Waals surface area contributed by atoms with E-state index in [1.807, 2.05) is 0 Å². The Hall–Kier alpha value is -0.860. The molecule has 0 saturated heterocycles. The summed E-state index contributed by atoms with van der Waals surface area (Å²) in [6.07, 6.45) is 7.33. The van der Waals surface area contributed by atoms with Crippen LogP contribution in [0.3, 0.4) is 0 Å². The third kappa shape index (κ3) is 2.64. The van der Waals surface area contributed by atoms with Gasteiger partial charge in [-0.05, 0) is 66.7 Å². The molecule has 0 radical (unpaired) electrons. The first-order chi connectivity index (χ1) is 10.3. The van der Waals surface area contributed by atoms with Gasteiger partial charge in [0.05, 0.1) is 13.2 Å². The lowest BCUT2D eigenvalue weighted by atomic mass is 9.82. The average molecular weight is 285 g/mol. The van der Waals surface area contributed by atoms with E-state index < -0.39 is 0 Å². The Balaban J connectivity index is 1.51. The highest BCUT2D eigenvalue weighted by molar-refractivity contribution is 5.34. The molecule has 2 fully saturated rings. The first-order valence-corrected chi connectivity index (χ1v) is 8.76. The van der Waals surface area contributed by atoms with Crippen LogP contribution in [0, 0.1) is 17.8 Å². The lowest BCUT2D eigenvalue weighted by Gasteiger charge is -2.28. The maximum absolute atomic E-state index is 5.56. The van der Waals surface area contributed by atoms with Crippen LogP contribution in [-0.2, 0) is 18.0 Å². The Morgan fingerprint density at radius 3 is 2.86 bits per heavy atom. The molecule has 2 bridgehead atoms. The summed E-state index contributed by atoms with van der Waals surface area (Å²) in [6.45, 7) is 4.88. The van der Waals surface area contributed by atoms with Crippen LogP contribution in [0.15, 0.2) is 18.2 Å². The Morgan fingerprint density at radius 1 is 1.19 bits per heavy atom. The largest absolute Gasteiger partial charge is 0.372 e. The molecular weight excluding hydrogens is 258 g/mol. The minimum absolute atomic E-state index is 0.533. The van der Waals surface area contributed by atoms with Crippen molar-refractivity contribution in [3.05, 3.63) is 34.9 Å². The van der Waals surface area contributed by atoms with Crippen LogP contribution >= 0.6 is 0 Å². The summed E-state index contributed by atoms with van der Waals surface area (Å²) in [5.41, 5.74) is 4.26. The summed E-state index contributed by atoms with van der Waals surface area (Å²) >= 11 is 0. The van der Waals surface area contributed by atoms with Crippen molar-refractivity contribution >= 4 is 0 Å². The van der Waals surface area contributed by atoms with E-state index in [0.29, 0.717) is 6.04 Å². The van der Waals surface area contributed by atoms with Crippen molar-refractivity contribution < 1.29 is 4.74 Å². The molecule has 1 N–H and O–H groups in total. The number of ether oxygens (including phenoxy) is 1. The minimum Gasteiger partial charge on any atom is -0.372 e. The summed E-state index contributed by atoms with van der Waals surface area (Å²) in [6, 6.07) is 7.53. The lowest BCUT2D eigenvalue weighted by Crippen LogP contribution is -2.25. The van der Waals surface area contributed by atoms with Gasteiger partial charge in [0, 0.05) is 6.04 Å². The van der Waals surface area contributed by atoms with E-state index in [0.717, 1.165) is 37.5 Å². The van der Waals surface area contributed by atoms with E-state index in [2.05, 4.69) is 30.4 Å². The zero-order valence-electron chi connectivity index (χ0n) is 13.1. The highest BCUT2D eigenvalue weighted by Crippen LogP contribution is 2.51. The molecule has 3 aliphatic rings. The highest BCUT2D eigenvalue weighted by atomic mass is 16.5. The molecule has 2 aliphatic carbocycles. The van der Waals surface area contributed by atoms with Crippen LogP contribution in [0.25, 0.3) is 0 Å².